The molecule has 3 heterocycles. The SMILES string of the molecule is CC(C)(C)[C@@]1(C)OC(c2ccccc2)O[C@]23CC[C@@]4(C[C@@H]21)[C@H]1Cc2ccc(O)c5c2[C@@]4(CCN1CC1CC1)[C@H]3O5. The molecule has 3 aliphatic heterocycles. The summed E-state index contributed by atoms with van der Waals surface area (Å²) >= 11 is 0. The number of benzene rings is 2. The van der Waals surface area contributed by atoms with Crippen LogP contribution in [0.15, 0.2) is 42.5 Å². The van der Waals surface area contributed by atoms with Crippen molar-refractivity contribution in [1.29, 1.82) is 0 Å². The fourth-order valence-corrected chi connectivity index (χ4v) is 10.9. The first-order chi connectivity index (χ1) is 19.1. The molecule has 212 valence electrons. The normalized spacial score (nSPS) is 44.6. The van der Waals surface area contributed by atoms with Gasteiger partial charge in [-0.05, 0) is 81.4 Å². The molecule has 8 aliphatic rings. The van der Waals surface area contributed by atoms with Gasteiger partial charge in [-0.2, -0.15) is 0 Å². The monoisotopic (exact) mass is 541 g/mol. The molecule has 5 heteroatoms. The molecule has 0 aromatic heterocycles. The van der Waals surface area contributed by atoms with Gasteiger partial charge in [0.2, 0.25) is 0 Å². The molecule has 40 heavy (non-hydrogen) atoms. The van der Waals surface area contributed by atoms with Gasteiger partial charge < -0.3 is 19.3 Å². The third kappa shape index (κ3) is 2.68. The van der Waals surface area contributed by atoms with E-state index in [1.54, 1.807) is 0 Å². The molecule has 1 N–H and O–H groups in total. The van der Waals surface area contributed by atoms with E-state index in [0.29, 0.717) is 11.8 Å². The topological polar surface area (TPSA) is 51.2 Å². The highest BCUT2D eigenvalue weighted by atomic mass is 16.7. The molecule has 2 aromatic carbocycles. The number of likely N-dealkylation sites (tertiary alicyclic amines) is 1. The van der Waals surface area contributed by atoms with E-state index in [0.717, 1.165) is 55.9 Å². The predicted molar refractivity (Wildman–Crippen MR) is 152 cm³/mol. The Kier molecular flexibility index (Phi) is 4.57. The van der Waals surface area contributed by atoms with Crippen LogP contribution in [0.1, 0.15) is 89.2 Å². The molecule has 6 fully saturated rings. The molecule has 0 radical (unpaired) electrons. The van der Waals surface area contributed by atoms with Gasteiger partial charge in [0, 0.05) is 40.5 Å². The Bertz CT molecular complexity index is 1400. The predicted octanol–water partition coefficient (Wildman–Crippen LogP) is 6.52. The smallest absolute Gasteiger partial charge is 0.185 e. The van der Waals surface area contributed by atoms with Crippen LogP contribution >= 0.6 is 0 Å². The number of rotatable bonds is 3. The largest absolute Gasteiger partial charge is 0.504 e. The van der Waals surface area contributed by atoms with Crippen LogP contribution in [0.4, 0.5) is 0 Å². The van der Waals surface area contributed by atoms with Gasteiger partial charge in [-0.3, -0.25) is 4.90 Å². The number of aromatic hydroxyl groups is 1. The Labute approximate surface area is 238 Å². The minimum Gasteiger partial charge on any atom is -0.504 e. The highest BCUT2D eigenvalue weighted by Crippen LogP contribution is 2.79. The molecule has 2 aromatic rings. The molecule has 1 unspecified atom stereocenters. The van der Waals surface area contributed by atoms with E-state index in [-0.39, 0.29) is 28.3 Å². The van der Waals surface area contributed by atoms with Crippen LogP contribution in [0.3, 0.4) is 0 Å². The maximum atomic E-state index is 11.2. The summed E-state index contributed by atoms with van der Waals surface area (Å²) in [5.41, 5.74) is 2.80. The number of hydrogen-bond acceptors (Lipinski definition) is 5. The summed E-state index contributed by atoms with van der Waals surface area (Å²) < 4.78 is 21.7. The first-order valence-electron chi connectivity index (χ1n) is 15.8. The first-order valence-corrected chi connectivity index (χ1v) is 15.8. The van der Waals surface area contributed by atoms with E-state index in [9.17, 15) is 5.11 Å². The van der Waals surface area contributed by atoms with Gasteiger partial charge in [-0.25, -0.2) is 0 Å². The Balaban J connectivity index is 1.27. The Morgan fingerprint density at radius 2 is 1.80 bits per heavy atom. The molecular weight excluding hydrogens is 498 g/mol. The zero-order valence-electron chi connectivity index (χ0n) is 24.4. The van der Waals surface area contributed by atoms with Gasteiger partial charge in [-0.1, -0.05) is 57.2 Å². The van der Waals surface area contributed by atoms with E-state index in [1.165, 1.54) is 30.5 Å². The molecule has 2 saturated heterocycles. The van der Waals surface area contributed by atoms with Crippen molar-refractivity contribution in [3.63, 3.8) is 0 Å². The van der Waals surface area contributed by atoms with E-state index in [4.69, 9.17) is 14.2 Å². The van der Waals surface area contributed by atoms with Crippen LogP contribution in [-0.4, -0.2) is 46.4 Å². The molecule has 5 aliphatic carbocycles. The number of piperidine rings is 1. The highest BCUT2D eigenvalue weighted by Gasteiger charge is 2.84. The summed E-state index contributed by atoms with van der Waals surface area (Å²) in [5.74, 6) is 2.13. The molecule has 0 amide bonds. The molecule has 8 atom stereocenters. The maximum absolute atomic E-state index is 11.2. The molecule has 4 bridgehead atoms. The van der Waals surface area contributed by atoms with Gasteiger partial charge in [0.1, 0.15) is 11.7 Å². The summed E-state index contributed by atoms with van der Waals surface area (Å²) in [7, 11) is 0. The molecule has 4 saturated carbocycles. The fourth-order valence-electron chi connectivity index (χ4n) is 10.9. The van der Waals surface area contributed by atoms with E-state index in [2.05, 4.69) is 69.0 Å². The van der Waals surface area contributed by atoms with Gasteiger partial charge in [0.05, 0.1) is 5.60 Å². The average molecular weight is 542 g/mol. The molecule has 10 rings (SSSR count). The molecule has 3 spiro atoms. The van der Waals surface area contributed by atoms with Crippen molar-refractivity contribution in [2.75, 3.05) is 13.1 Å². The van der Waals surface area contributed by atoms with Crippen molar-refractivity contribution >= 4 is 0 Å². The van der Waals surface area contributed by atoms with Crippen LogP contribution in [-0.2, 0) is 21.3 Å². The van der Waals surface area contributed by atoms with Crippen molar-refractivity contribution in [1.82, 2.24) is 4.90 Å². The van der Waals surface area contributed by atoms with Gasteiger partial charge >= 0.3 is 0 Å². The summed E-state index contributed by atoms with van der Waals surface area (Å²) in [4.78, 5) is 2.89. The summed E-state index contributed by atoms with van der Waals surface area (Å²) in [6.07, 6.45) is 7.61. The molecule has 5 nitrogen and oxygen atoms in total. The Morgan fingerprint density at radius 3 is 2.55 bits per heavy atom. The standard InChI is InChI=1S/C35H43NO4/c1-31(2,3)32(4)25-19-33-14-15-35(25,40-29(39-32)22-8-6-5-7-9-22)30-34(33)16-17-36(20-21-10-11-21)26(33)18-23-12-13-24(37)28(38-30)27(23)34/h5-9,12-13,21,25-26,29-30,37H,10-11,14-20H2,1-4H3/t25-,26-,29?,30-,32+,33-,34+,35-/m1/s1. The molecular formula is C35H43NO4. The van der Waals surface area contributed by atoms with Crippen LogP contribution in [0.25, 0.3) is 0 Å². The Hall–Kier alpha value is -2.08. The lowest BCUT2D eigenvalue weighted by atomic mass is 9.33. The van der Waals surface area contributed by atoms with Crippen molar-refractivity contribution in [3.05, 3.63) is 59.2 Å². The fraction of sp³-hybridized carbons (Fsp3) is 0.657. The van der Waals surface area contributed by atoms with E-state index < -0.39 is 17.5 Å². The van der Waals surface area contributed by atoms with Crippen molar-refractivity contribution in [3.8, 4) is 11.5 Å². The number of nitrogens with zero attached hydrogens (tertiary/aromatic N) is 1. The van der Waals surface area contributed by atoms with Crippen LogP contribution in [0, 0.1) is 22.7 Å². The van der Waals surface area contributed by atoms with Gasteiger partial charge in [-0.15, -0.1) is 0 Å². The second-order valence-corrected chi connectivity index (χ2v) is 15.5. The number of ether oxygens (including phenoxy) is 3. The van der Waals surface area contributed by atoms with Crippen LogP contribution in [0.5, 0.6) is 11.5 Å². The third-order valence-corrected chi connectivity index (χ3v) is 13.2. The number of phenolic OH excluding ortho intramolecular Hbond substituents is 1. The van der Waals surface area contributed by atoms with Crippen LogP contribution in [0.2, 0.25) is 0 Å². The average Bonchev–Trinajstić information content (AvgIpc) is 3.67. The number of hydrogen-bond donors (Lipinski definition) is 1. The second kappa shape index (κ2) is 7.46. The van der Waals surface area contributed by atoms with E-state index in [1.807, 2.05) is 6.07 Å². The van der Waals surface area contributed by atoms with Crippen molar-refractivity contribution in [2.45, 2.75) is 108 Å². The summed E-state index contributed by atoms with van der Waals surface area (Å²) in [6.45, 7) is 11.8. The lowest BCUT2D eigenvalue weighted by Crippen LogP contribution is -2.84. The minimum absolute atomic E-state index is 0.0982. The second-order valence-electron chi connectivity index (χ2n) is 15.5. The first kappa shape index (κ1) is 24.5. The lowest BCUT2D eigenvalue weighted by molar-refractivity contribution is -0.423. The van der Waals surface area contributed by atoms with Gasteiger partial charge in [0.15, 0.2) is 17.8 Å². The third-order valence-electron chi connectivity index (χ3n) is 13.2. The summed E-state index contributed by atoms with van der Waals surface area (Å²) in [6, 6.07) is 15.1. The lowest BCUT2D eigenvalue weighted by Gasteiger charge is -2.77. The van der Waals surface area contributed by atoms with Crippen molar-refractivity contribution in [2.24, 2.45) is 22.7 Å². The quantitative estimate of drug-likeness (QED) is 0.479. The maximum Gasteiger partial charge on any atom is 0.185 e. The highest BCUT2D eigenvalue weighted by molar-refractivity contribution is 5.63. The summed E-state index contributed by atoms with van der Waals surface area (Å²) in [5, 5.41) is 11.2. The minimum atomic E-state index is -0.480. The van der Waals surface area contributed by atoms with Crippen molar-refractivity contribution < 1.29 is 19.3 Å². The number of phenols is 1. The Morgan fingerprint density at radius 1 is 1.00 bits per heavy atom. The zero-order chi connectivity index (χ0) is 27.3. The number of fused-ring (bicyclic) bond motifs is 1. The van der Waals surface area contributed by atoms with E-state index >= 15 is 0 Å². The zero-order valence-corrected chi connectivity index (χ0v) is 24.4. The van der Waals surface area contributed by atoms with Crippen LogP contribution < -0.4 is 4.74 Å². The van der Waals surface area contributed by atoms with Gasteiger partial charge in [0.25, 0.3) is 0 Å².